The molecule has 2 aliphatic carbocycles. The summed E-state index contributed by atoms with van der Waals surface area (Å²) in [6.07, 6.45) is 5.60. The maximum Gasteiger partial charge on any atom is 0.234 e. The first-order valence-corrected chi connectivity index (χ1v) is 4.30. The molecular weight excluding hydrogens is 138 g/mol. The van der Waals surface area contributed by atoms with E-state index < -0.39 is 0 Å². The quantitative estimate of drug-likeness (QED) is 0.436. The largest absolute Gasteiger partial charge is 0.234 e. The van der Waals surface area contributed by atoms with Gasteiger partial charge in [-0.3, -0.25) is 0 Å². The predicted molar refractivity (Wildman–Crippen MR) is 41.9 cm³/mol. The standard InChI is InChI=1S/C9H13NO/c1-9-3-2-7(5-10-6-11)8(9)4-9/h7-8H,2-5H2,1H3. The molecule has 11 heavy (non-hydrogen) atoms. The molecular formula is C9H13NO. The monoisotopic (exact) mass is 151 g/mol. The van der Waals surface area contributed by atoms with Gasteiger partial charge in [0, 0.05) is 0 Å². The molecule has 3 unspecified atom stereocenters. The molecule has 0 saturated heterocycles. The predicted octanol–water partition coefficient (Wildman–Crippen LogP) is 1.76. The summed E-state index contributed by atoms with van der Waals surface area (Å²) in [6.45, 7) is 3.08. The van der Waals surface area contributed by atoms with E-state index in [4.69, 9.17) is 0 Å². The Morgan fingerprint density at radius 1 is 1.73 bits per heavy atom. The van der Waals surface area contributed by atoms with Crippen LogP contribution >= 0.6 is 0 Å². The van der Waals surface area contributed by atoms with Gasteiger partial charge in [0.2, 0.25) is 6.08 Å². The molecule has 0 aliphatic heterocycles. The summed E-state index contributed by atoms with van der Waals surface area (Å²) in [5.41, 5.74) is 0.642. The molecule has 2 heteroatoms. The van der Waals surface area contributed by atoms with Crippen LogP contribution in [0.25, 0.3) is 0 Å². The van der Waals surface area contributed by atoms with Crippen molar-refractivity contribution in [1.29, 1.82) is 0 Å². The van der Waals surface area contributed by atoms with Crippen LogP contribution in [0.4, 0.5) is 0 Å². The Morgan fingerprint density at radius 3 is 3.00 bits per heavy atom. The van der Waals surface area contributed by atoms with E-state index in [0.29, 0.717) is 11.3 Å². The van der Waals surface area contributed by atoms with Gasteiger partial charge in [-0.05, 0) is 36.5 Å². The van der Waals surface area contributed by atoms with Gasteiger partial charge < -0.3 is 0 Å². The minimum absolute atomic E-state index is 0.642. The Balaban J connectivity index is 1.93. The lowest BCUT2D eigenvalue weighted by atomic mass is 10.0. The third-order valence-corrected chi connectivity index (χ3v) is 3.47. The number of fused-ring (bicyclic) bond motifs is 1. The Labute approximate surface area is 66.7 Å². The highest BCUT2D eigenvalue weighted by atomic mass is 16.1. The molecule has 0 spiro atoms. The van der Waals surface area contributed by atoms with E-state index in [9.17, 15) is 4.79 Å². The fourth-order valence-electron chi connectivity index (χ4n) is 2.56. The van der Waals surface area contributed by atoms with Gasteiger partial charge in [-0.15, -0.1) is 0 Å². The molecule has 60 valence electrons. The SMILES string of the molecule is CC12CCC(CN=C=O)C1C2. The zero-order valence-corrected chi connectivity index (χ0v) is 6.84. The van der Waals surface area contributed by atoms with Gasteiger partial charge in [-0.1, -0.05) is 6.92 Å². The minimum atomic E-state index is 0.642. The summed E-state index contributed by atoms with van der Waals surface area (Å²) in [4.78, 5) is 13.5. The zero-order valence-electron chi connectivity index (χ0n) is 6.84. The first-order valence-electron chi connectivity index (χ1n) is 4.30. The number of hydrogen-bond donors (Lipinski definition) is 0. The fraction of sp³-hybridized carbons (Fsp3) is 0.889. The van der Waals surface area contributed by atoms with Crippen LogP contribution in [0.5, 0.6) is 0 Å². The molecule has 2 aliphatic rings. The summed E-state index contributed by atoms with van der Waals surface area (Å²) in [5.74, 6) is 1.57. The third-order valence-electron chi connectivity index (χ3n) is 3.47. The van der Waals surface area contributed by atoms with Crippen molar-refractivity contribution in [3.8, 4) is 0 Å². The molecule has 2 fully saturated rings. The van der Waals surface area contributed by atoms with Crippen molar-refractivity contribution >= 4 is 6.08 Å². The third kappa shape index (κ3) is 1.02. The van der Waals surface area contributed by atoms with Crippen LogP contribution in [0, 0.1) is 17.3 Å². The van der Waals surface area contributed by atoms with Gasteiger partial charge in [0.1, 0.15) is 0 Å². The number of aliphatic imine (C=N–C) groups is 1. The minimum Gasteiger partial charge on any atom is -0.211 e. The fourth-order valence-corrected chi connectivity index (χ4v) is 2.56. The van der Waals surface area contributed by atoms with Crippen molar-refractivity contribution in [2.24, 2.45) is 22.2 Å². The van der Waals surface area contributed by atoms with Crippen molar-refractivity contribution in [3.63, 3.8) is 0 Å². The molecule has 0 radical (unpaired) electrons. The van der Waals surface area contributed by atoms with Gasteiger partial charge in [-0.25, -0.2) is 9.79 Å². The number of isocyanates is 1. The Kier molecular flexibility index (Phi) is 1.40. The average molecular weight is 151 g/mol. The number of hydrogen-bond acceptors (Lipinski definition) is 2. The molecule has 0 amide bonds. The lowest BCUT2D eigenvalue weighted by molar-refractivity contribution is 0.487. The topological polar surface area (TPSA) is 29.4 Å². The normalized spacial score (nSPS) is 46.3. The van der Waals surface area contributed by atoms with Crippen molar-refractivity contribution < 1.29 is 4.79 Å². The van der Waals surface area contributed by atoms with Gasteiger partial charge in [-0.2, -0.15) is 0 Å². The van der Waals surface area contributed by atoms with Crippen LogP contribution in [-0.4, -0.2) is 12.6 Å². The molecule has 0 N–H and O–H groups in total. The van der Waals surface area contributed by atoms with Crippen molar-refractivity contribution in [1.82, 2.24) is 0 Å². The highest BCUT2D eigenvalue weighted by Crippen LogP contribution is 2.65. The van der Waals surface area contributed by atoms with Crippen LogP contribution in [0.15, 0.2) is 4.99 Å². The van der Waals surface area contributed by atoms with Gasteiger partial charge in [0.05, 0.1) is 6.54 Å². The first kappa shape index (κ1) is 7.05. The second-order valence-electron chi connectivity index (χ2n) is 4.20. The summed E-state index contributed by atoms with van der Waals surface area (Å²) in [6, 6.07) is 0. The van der Waals surface area contributed by atoms with Crippen molar-refractivity contribution in [2.75, 3.05) is 6.54 Å². The molecule has 0 aromatic heterocycles. The summed E-state index contributed by atoms with van der Waals surface area (Å²) >= 11 is 0. The molecule has 0 bridgehead atoms. The molecule has 2 nitrogen and oxygen atoms in total. The zero-order chi connectivity index (χ0) is 7.90. The summed E-state index contributed by atoms with van der Waals surface area (Å²) in [5, 5.41) is 0. The average Bonchev–Trinajstić information content (AvgIpc) is 2.56. The molecule has 0 aromatic carbocycles. The maximum absolute atomic E-state index is 9.87. The van der Waals surface area contributed by atoms with E-state index in [1.165, 1.54) is 19.3 Å². The molecule has 2 saturated carbocycles. The van der Waals surface area contributed by atoms with Crippen LogP contribution < -0.4 is 0 Å². The van der Waals surface area contributed by atoms with Crippen molar-refractivity contribution in [3.05, 3.63) is 0 Å². The van der Waals surface area contributed by atoms with E-state index in [1.807, 2.05) is 0 Å². The number of carbonyl (C=O) groups excluding carboxylic acids is 1. The summed E-state index contributed by atoms with van der Waals surface area (Å²) in [7, 11) is 0. The van der Waals surface area contributed by atoms with E-state index in [0.717, 1.165) is 12.5 Å². The summed E-state index contributed by atoms with van der Waals surface area (Å²) < 4.78 is 0. The van der Waals surface area contributed by atoms with Crippen LogP contribution in [0.1, 0.15) is 26.2 Å². The lowest BCUT2D eigenvalue weighted by Gasteiger charge is -2.04. The second kappa shape index (κ2) is 2.18. The van der Waals surface area contributed by atoms with Crippen molar-refractivity contribution in [2.45, 2.75) is 26.2 Å². The van der Waals surface area contributed by atoms with E-state index in [2.05, 4.69) is 11.9 Å². The van der Waals surface area contributed by atoms with E-state index in [-0.39, 0.29) is 0 Å². The Hall–Kier alpha value is -0.620. The van der Waals surface area contributed by atoms with Gasteiger partial charge in [0.15, 0.2) is 0 Å². The van der Waals surface area contributed by atoms with Gasteiger partial charge >= 0.3 is 0 Å². The van der Waals surface area contributed by atoms with Crippen LogP contribution in [0.3, 0.4) is 0 Å². The van der Waals surface area contributed by atoms with Crippen LogP contribution in [-0.2, 0) is 4.79 Å². The molecule has 2 rings (SSSR count). The highest BCUT2D eigenvalue weighted by molar-refractivity contribution is 5.33. The lowest BCUT2D eigenvalue weighted by Crippen LogP contribution is -2.02. The maximum atomic E-state index is 9.87. The molecule has 3 atom stereocenters. The number of nitrogens with zero attached hydrogens (tertiary/aromatic N) is 1. The smallest absolute Gasteiger partial charge is 0.211 e. The van der Waals surface area contributed by atoms with Gasteiger partial charge in [0.25, 0.3) is 0 Å². The Bertz CT molecular complexity index is 220. The molecule has 0 heterocycles. The van der Waals surface area contributed by atoms with E-state index in [1.54, 1.807) is 6.08 Å². The first-order chi connectivity index (χ1) is 5.26. The van der Waals surface area contributed by atoms with Crippen LogP contribution in [0.2, 0.25) is 0 Å². The molecule has 0 aromatic rings. The second-order valence-corrected chi connectivity index (χ2v) is 4.20. The Morgan fingerprint density at radius 2 is 2.55 bits per heavy atom. The number of rotatable bonds is 2. The van der Waals surface area contributed by atoms with E-state index >= 15 is 0 Å². The highest BCUT2D eigenvalue weighted by Gasteiger charge is 2.57.